The van der Waals surface area contributed by atoms with Gasteiger partial charge in [0.15, 0.2) is 0 Å². The zero-order valence-electron chi connectivity index (χ0n) is 13.4. The van der Waals surface area contributed by atoms with Crippen molar-refractivity contribution >= 4 is 5.69 Å². The van der Waals surface area contributed by atoms with Crippen LogP contribution in [-0.2, 0) is 0 Å². The summed E-state index contributed by atoms with van der Waals surface area (Å²) in [6.07, 6.45) is 0. The summed E-state index contributed by atoms with van der Waals surface area (Å²) in [5.74, 6) is 0. The Morgan fingerprint density at radius 2 is 1.04 bits per heavy atom. The van der Waals surface area contributed by atoms with Crippen LogP contribution in [0.15, 0.2) is 78.9 Å². The monoisotopic (exact) mass is 365 g/mol. The van der Waals surface area contributed by atoms with Crippen molar-refractivity contribution in [3.05, 3.63) is 90.0 Å². The molecule has 4 rings (SSSR count). The van der Waals surface area contributed by atoms with Crippen LogP contribution in [0.3, 0.4) is 0 Å². The van der Waals surface area contributed by atoms with E-state index in [4.69, 9.17) is 0 Å². The molecule has 23 heavy (non-hydrogen) atoms. The second-order valence-electron chi connectivity index (χ2n) is 6.45. The lowest BCUT2D eigenvalue weighted by Gasteiger charge is -2.36. The highest BCUT2D eigenvalue weighted by atomic mass is 79.9. The summed E-state index contributed by atoms with van der Waals surface area (Å²) >= 11 is 0. The van der Waals surface area contributed by atoms with Crippen molar-refractivity contribution < 1.29 is 17.0 Å². The molecule has 0 unspecified atom stereocenters. The molecule has 1 aliphatic rings. The molecule has 3 aromatic rings. The first-order valence-electron chi connectivity index (χ1n) is 7.77. The molecule has 2 heteroatoms. The van der Waals surface area contributed by atoms with Crippen molar-refractivity contribution in [2.75, 3.05) is 14.1 Å². The van der Waals surface area contributed by atoms with Crippen molar-refractivity contribution in [2.24, 2.45) is 0 Å². The van der Waals surface area contributed by atoms with Gasteiger partial charge in [-0.15, -0.1) is 0 Å². The predicted octanol–water partition coefficient (Wildman–Crippen LogP) is 2.03. The number of hydrogen-bond donors (Lipinski definition) is 0. The first kappa shape index (κ1) is 16.0. The Morgan fingerprint density at radius 3 is 1.57 bits per heavy atom. The van der Waals surface area contributed by atoms with Gasteiger partial charge in [0.05, 0.1) is 14.1 Å². The Balaban J connectivity index is 0.00000156. The molecule has 0 spiro atoms. The van der Waals surface area contributed by atoms with Gasteiger partial charge in [-0.05, 0) is 23.3 Å². The Morgan fingerprint density at radius 1 is 0.609 bits per heavy atom. The van der Waals surface area contributed by atoms with E-state index < -0.39 is 0 Å². The van der Waals surface area contributed by atoms with E-state index in [1.54, 1.807) is 0 Å². The van der Waals surface area contributed by atoms with E-state index in [-0.39, 0.29) is 17.0 Å². The number of halogens is 1. The molecule has 1 nitrogen and oxygen atoms in total. The molecule has 3 aromatic carbocycles. The number of para-hydroxylation sites is 1. The minimum absolute atomic E-state index is 0. The molecule has 0 aromatic heterocycles. The highest BCUT2D eigenvalue weighted by Crippen LogP contribution is 2.49. The lowest BCUT2D eigenvalue weighted by atomic mass is 10.0. The average molecular weight is 366 g/mol. The highest BCUT2D eigenvalue weighted by molar-refractivity contribution is 5.79. The van der Waals surface area contributed by atoms with Gasteiger partial charge in [0.2, 0.25) is 0 Å². The van der Waals surface area contributed by atoms with Gasteiger partial charge in [0, 0.05) is 11.1 Å². The van der Waals surface area contributed by atoms with Crippen LogP contribution < -0.4 is 21.5 Å². The third-order valence-electron chi connectivity index (χ3n) is 4.87. The summed E-state index contributed by atoms with van der Waals surface area (Å²) in [5.41, 5.74) is 6.95. The summed E-state index contributed by atoms with van der Waals surface area (Å²) in [4.78, 5) is 0. The van der Waals surface area contributed by atoms with E-state index in [1.807, 2.05) is 0 Å². The van der Waals surface area contributed by atoms with Gasteiger partial charge in [-0.3, -0.25) is 4.48 Å². The van der Waals surface area contributed by atoms with Gasteiger partial charge in [-0.2, -0.15) is 0 Å². The van der Waals surface area contributed by atoms with Crippen LogP contribution >= 0.6 is 0 Å². The van der Waals surface area contributed by atoms with E-state index in [2.05, 4.69) is 93.0 Å². The minimum atomic E-state index is 0. The van der Waals surface area contributed by atoms with E-state index in [0.717, 1.165) is 4.48 Å². The largest absolute Gasteiger partial charge is 1.00 e. The number of quaternary nitrogens is 1. The van der Waals surface area contributed by atoms with Crippen molar-refractivity contribution in [3.63, 3.8) is 0 Å². The van der Waals surface area contributed by atoms with E-state index >= 15 is 0 Å². The molecule has 0 amide bonds. The Kier molecular flexibility index (Phi) is 4.13. The lowest BCUT2D eigenvalue weighted by molar-refractivity contribution is -0.00000443. The topological polar surface area (TPSA) is 0 Å². The molecule has 0 aliphatic heterocycles. The van der Waals surface area contributed by atoms with Gasteiger partial charge >= 0.3 is 0 Å². The fourth-order valence-electron chi connectivity index (χ4n) is 3.79. The van der Waals surface area contributed by atoms with Crippen molar-refractivity contribution in [2.45, 2.75) is 6.04 Å². The highest BCUT2D eigenvalue weighted by Gasteiger charge is 2.40. The summed E-state index contributed by atoms with van der Waals surface area (Å²) in [5, 5.41) is 0. The Labute approximate surface area is 148 Å². The Bertz CT molecular complexity index is 779. The fraction of sp³-hybridized carbons (Fsp3) is 0.143. The standard InChI is InChI=1S/C21H20N.BrH/c1-22(2,16-10-4-3-5-11-16)21-19-14-8-6-12-17(19)18-13-7-9-15-20(18)21;/h3-15,21H,1-2H3;1H/q+1;/p-1. The van der Waals surface area contributed by atoms with Gasteiger partial charge < -0.3 is 17.0 Å². The molecule has 0 bridgehead atoms. The average Bonchev–Trinajstić information content (AvgIpc) is 2.91. The molecule has 0 heterocycles. The second-order valence-corrected chi connectivity index (χ2v) is 6.45. The molecule has 1 aliphatic carbocycles. The quantitative estimate of drug-likeness (QED) is 0.609. The lowest BCUT2D eigenvalue weighted by Crippen LogP contribution is -3.00. The van der Waals surface area contributed by atoms with Gasteiger partial charge in [0.1, 0.15) is 11.7 Å². The molecular formula is C21H20BrN. The van der Waals surface area contributed by atoms with E-state index in [9.17, 15) is 0 Å². The SMILES string of the molecule is C[N+](C)(c1ccccc1)C1c2ccccc2-c2ccccc21.[Br-]. The Hall–Kier alpha value is -1.90. The number of fused-ring (bicyclic) bond motifs is 3. The number of nitrogens with zero attached hydrogens (tertiary/aromatic N) is 1. The molecule has 0 saturated heterocycles. The van der Waals surface area contributed by atoms with Crippen LogP contribution in [0.1, 0.15) is 17.2 Å². The summed E-state index contributed by atoms with van der Waals surface area (Å²) in [6.45, 7) is 0. The molecule has 0 saturated carbocycles. The summed E-state index contributed by atoms with van der Waals surface area (Å²) in [6, 6.07) is 28.8. The first-order chi connectivity index (χ1) is 10.7. The van der Waals surface area contributed by atoms with E-state index in [1.165, 1.54) is 27.9 Å². The normalized spacial score (nSPS) is 13.1. The maximum Gasteiger partial charge on any atom is 0.146 e. The van der Waals surface area contributed by atoms with Crippen LogP contribution in [0.4, 0.5) is 5.69 Å². The summed E-state index contributed by atoms with van der Waals surface area (Å²) < 4.78 is 0.828. The third kappa shape index (κ3) is 2.43. The number of hydrogen-bond acceptors (Lipinski definition) is 0. The molecule has 116 valence electrons. The number of benzene rings is 3. The molecular weight excluding hydrogens is 346 g/mol. The van der Waals surface area contributed by atoms with Crippen LogP contribution in [0.5, 0.6) is 0 Å². The minimum Gasteiger partial charge on any atom is -1.00 e. The van der Waals surface area contributed by atoms with Crippen LogP contribution in [0.25, 0.3) is 11.1 Å². The van der Waals surface area contributed by atoms with Crippen molar-refractivity contribution in [1.82, 2.24) is 4.48 Å². The maximum absolute atomic E-state index is 2.30. The van der Waals surface area contributed by atoms with E-state index in [0.29, 0.717) is 6.04 Å². The smallest absolute Gasteiger partial charge is 0.146 e. The van der Waals surface area contributed by atoms with Crippen LogP contribution in [0.2, 0.25) is 0 Å². The van der Waals surface area contributed by atoms with Gasteiger partial charge in [-0.1, -0.05) is 66.7 Å². The summed E-state index contributed by atoms with van der Waals surface area (Å²) in [7, 11) is 4.61. The zero-order chi connectivity index (χ0) is 15.2. The maximum atomic E-state index is 2.30. The van der Waals surface area contributed by atoms with Crippen LogP contribution in [-0.4, -0.2) is 14.1 Å². The van der Waals surface area contributed by atoms with Crippen molar-refractivity contribution in [3.8, 4) is 11.1 Å². The molecule has 0 N–H and O–H groups in total. The zero-order valence-corrected chi connectivity index (χ0v) is 15.0. The predicted molar refractivity (Wildman–Crippen MR) is 93.8 cm³/mol. The third-order valence-corrected chi connectivity index (χ3v) is 4.87. The fourth-order valence-corrected chi connectivity index (χ4v) is 3.79. The number of rotatable bonds is 2. The molecule has 0 radical (unpaired) electrons. The molecule has 0 atom stereocenters. The van der Waals surface area contributed by atoms with Crippen molar-refractivity contribution in [1.29, 1.82) is 0 Å². The van der Waals surface area contributed by atoms with Gasteiger partial charge in [-0.25, -0.2) is 0 Å². The van der Waals surface area contributed by atoms with Gasteiger partial charge in [0.25, 0.3) is 0 Å². The first-order valence-corrected chi connectivity index (χ1v) is 7.77. The van der Waals surface area contributed by atoms with Crippen LogP contribution in [0, 0.1) is 0 Å². The molecule has 0 fully saturated rings. The second kappa shape index (κ2) is 5.95.